The lowest BCUT2D eigenvalue weighted by Gasteiger charge is -2.08. The van der Waals surface area contributed by atoms with Gasteiger partial charge < -0.3 is 5.32 Å². The Bertz CT molecular complexity index is 294. The molecule has 0 amide bonds. The molecule has 0 aromatic heterocycles. The number of benzene rings is 1. The average Bonchev–Trinajstić information content (AvgIpc) is 2.09. The molecule has 0 aliphatic carbocycles. The van der Waals surface area contributed by atoms with Crippen molar-refractivity contribution in [2.45, 2.75) is 20.3 Å². The van der Waals surface area contributed by atoms with Crippen LogP contribution in [-0.2, 0) is 6.42 Å². The molecule has 72 valence electrons. The number of halogens is 1. The van der Waals surface area contributed by atoms with E-state index in [9.17, 15) is 0 Å². The highest BCUT2D eigenvalue weighted by Gasteiger charge is 2.01. The molecule has 0 fully saturated rings. The van der Waals surface area contributed by atoms with Gasteiger partial charge in [-0.1, -0.05) is 17.7 Å². The number of nitrogens with one attached hydrogen (secondary N) is 1. The van der Waals surface area contributed by atoms with E-state index in [1.165, 1.54) is 11.1 Å². The average molecular weight is 198 g/mol. The van der Waals surface area contributed by atoms with Gasteiger partial charge in [0, 0.05) is 5.02 Å². The first-order valence-corrected chi connectivity index (χ1v) is 4.93. The summed E-state index contributed by atoms with van der Waals surface area (Å²) in [6, 6.07) is 4.22. The van der Waals surface area contributed by atoms with E-state index in [-0.39, 0.29) is 0 Å². The minimum absolute atomic E-state index is 0.872. The van der Waals surface area contributed by atoms with Gasteiger partial charge in [-0.3, -0.25) is 0 Å². The van der Waals surface area contributed by atoms with Gasteiger partial charge in [-0.2, -0.15) is 0 Å². The minimum atomic E-state index is 0.872. The number of hydrogen-bond acceptors (Lipinski definition) is 1. The van der Waals surface area contributed by atoms with Crippen LogP contribution in [-0.4, -0.2) is 13.6 Å². The molecule has 0 radical (unpaired) electrons. The lowest BCUT2D eigenvalue weighted by atomic mass is 10.0. The molecule has 0 unspecified atom stereocenters. The summed E-state index contributed by atoms with van der Waals surface area (Å²) < 4.78 is 0. The van der Waals surface area contributed by atoms with Crippen molar-refractivity contribution in [2.24, 2.45) is 0 Å². The van der Waals surface area contributed by atoms with E-state index in [2.05, 4.69) is 24.4 Å². The summed E-state index contributed by atoms with van der Waals surface area (Å²) in [7, 11) is 1.96. The molecule has 0 atom stereocenters. The Morgan fingerprint density at radius 3 is 2.54 bits per heavy atom. The topological polar surface area (TPSA) is 12.0 Å². The van der Waals surface area contributed by atoms with Crippen LogP contribution in [0.15, 0.2) is 12.1 Å². The summed E-state index contributed by atoms with van der Waals surface area (Å²) in [6.07, 6.45) is 1.04. The predicted octanol–water partition coefficient (Wildman–Crippen LogP) is 2.72. The van der Waals surface area contributed by atoms with Crippen molar-refractivity contribution in [3.8, 4) is 0 Å². The van der Waals surface area contributed by atoms with Crippen molar-refractivity contribution < 1.29 is 0 Å². The smallest absolute Gasteiger partial charge is 0.0438 e. The van der Waals surface area contributed by atoms with Gasteiger partial charge in [-0.15, -0.1) is 0 Å². The van der Waals surface area contributed by atoms with Crippen LogP contribution in [0.1, 0.15) is 16.7 Å². The second-order valence-corrected chi connectivity index (χ2v) is 3.79. The molecule has 0 saturated heterocycles. The number of hydrogen-bond donors (Lipinski definition) is 1. The van der Waals surface area contributed by atoms with Crippen LogP contribution in [0.5, 0.6) is 0 Å². The Morgan fingerprint density at radius 1 is 1.23 bits per heavy atom. The van der Waals surface area contributed by atoms with Gasteiger partial charge in [0.2, 0.25) is 0 Å². The number of aryl methyl sites for hydroxylation is 2. The van der Waals surface area contributed by atoms with Gasteiger partial charge in [-0.05, 0) is 56.6 Å². The SMILES string of the molecule is CNCCc1cc(Cl)c(C)cc1C. The summed E-state index contributed by atoms with van der Waals surface area (Å²) in [5.74, 6) is 0. The third-order valence-electron chi connectivity index (χ3n) is 2.26. The predicted molar refractivity (Wildman–Crippen MR) is 58.6 cm³/mol. The lowest BCUT2D eigenvalue weighted by molar-refractivity contribution is 0.788. The van der Waals surface area contributed by atoms with E-state index < -0.39 is 0 Å². The highest BCUT2D eigenvalue weighted by molar-refractivity contribution is 6.31. The second kappa shape index (κ2) is 4.64. The molecule has 13 heavy (non-hydrogen) atoms. The molecule has 0 spiro atoms. The summed E-state index contributed by atoms with van der Waals surface area (Å²) in [6.45, 7) is 5.17. The third kappa shape index (κ3) is 2.71. The number of rotatable bonds is 3. The molecular weight excluding hydrogens is 182 g/mol. The maximum Gasteiger partial charge on any atom is 0.0438 e. The summed E-state index contributed by atoms with van der Waals surface area (Å²) in [4.78, 5) is 0. The van der Waals surface area contributed by atoms with Gasteiger partial charge in [-0.25, -0.2) is 0 Å². The van der Waals surface area contributed by atoms with Crippen molar-refractivity contribution in [1.29, 1.82) is 0 Å². The Labute approximate surface area is 85.1 Å². The fraction of sp³-hybridized carbons (Fsp3) is 0.455. The highest BCUT2D eigenvalue weighted by atomic mass is 35.5. The zero-order chi connectivity index (χ0) is 9.84. The van der Waals surface area contributed by atoms with Crippen LogP contribution in [0, 0.1) is 13.8 Å². The van der Waals surface area contributed by atoms with E-state index in [0.29, 0.717) is 0 Å². The zero-order valence-corrected chi connectivity index (χ0v) is 9.20. The van der Waals surface area contributed by atoms with Crippen LogP contribution in [0.4, 0.5) is 0 Å². The van der Waals surface area contributed by atoms with Gasteiger partial charge in [0.1, 0.15) is 0 Å². The summed E-state index contributed by atoms with van der Waals surface area (Å²) in [5.41, 5.74) is 3.83. The van der Waals surface area contributed by atoms with Gasteiger partial charge >= 0.3 is 0 Å². The van der Waals surface area contributed by atoms with Gasteiger partial charge in [0.25, 0.3) is 0 Å². The summed E-state index contributed by atoms with van der Waals surface area (Å²) >= 11 is 6.04. The van der Waals surface area contributed by atoms with Gasteiger partial charge in [0.05, 0.1) is 0 Å². The van der Waals surface area contributed by atoms with E-state index in [4.69, 9.17) is 11.6 Å². The van der Waals surface area contributed by atoms with E-state index >= 15 is 0 Å². The van der Waals surface area contributed by atoms with Crippen LogP contribution in [0.25, 0.3) is 0 Å². The van der Waals surface area contributed by atoms with Crippen molar-refractivity contribution >= 4 is 11.6 Å². The maximum atomic E-state index is 6.04. The van der Waals surface area contributed by atoms with Crippen molar-refractivity contribution in [2.75, 3.05) is 13.6 Å². The zero-order valence-electron chi connectivity index (χ0n) is 8.45. The molecule has 0 bridgehead atoms. The molecule has 2 heteroatoms. The quantitative estimate of drug-likeness (QED) is 0.786. The Morgan fingerprint density at radius 2 is 1.92 bits per heavy atom. The standard InChI is InChI=1S/C11H16ClN/c1-8-6-9(2)11(12)7-10(8)4-5-13-3/h6-7,13H,4-5H2,1-3H3. The van der Waals surface area contributed by atoms with Crippen molar-refractivity contribution in [3.63, 3.8) is 0 Å². The molecule has 0 aliphatic heterocycles. The van der Waals surface area contributed by atoms with E-state index in [1.807, 2.05) is 14.0 Å². The van der Waals surface area contributed by atoms with E-state index in [1.54, 1.807) is 0 Å². The normalized spacial score (nSPS) is 10.5. The molecular formula is C11H16ClN. The molecule has 0 heterocycles. The number of likely N-dealkylation sites (N-methyl/N-ethyl adjacent to an activating group) is 1. The first kappa shape index (κ1) is 10.6. The molecule has 0 aliphatic rings. The first-order valence-electron chi connectivity index (χ1n) is 4.55. The van der Waals surface area contributed by atoms with E-state index in [0.717, 1.165) is 23.6 Å². The summed E-state index contributed by atoms with van der Waals surface area (Å²) in [5, 5.41) is 4.01. The molecule has 1 aromatic carbocycles. The van der Waals surface area contributed by atoms with Crippen LogP contribution in [0.3, 0.4) is 0 Å². The fourth-order valence-electron chi connectivity index (χ4n) is 1.40. The largest absolute Gasteiger partial charge is 0.319 e. The molecule has 1 rings (SSSR count). The Hall–Kier alpha value is -0.530. The van der Waals surface area contributed by atoms with Crippen LogP contribution >= 0.6 is 11.6 Å². The Balaban J connectivity index is 2.88. The van der Waals surface area contributed by atoms with Gasteiger partial charge in [0.15, 0.2) is 0 Å². The third-order valence-corrected chi connectivity index (χ3v) is 2.67. The van der Waals surface area contributed by atoms with Crippen molar-refractivity contribution in [1.82, 2.24) is 5.32 Å². The van der Waals surface area contributed by atoms with Crippen LogP contribution in [0.2, 0.25) is 5.02 Å². The monoisotopic (exact) mass is 197 g/mol. The molecule has 0 saturated carbocycles. The fourth-order valence-corrected chi connectivity index (χ4v) is 1.58. The highest BCUT2D eigenvalue weighted by Crippen LogP contribution is 2.20. The minimum Gasteiger partial charge on any atom is -0.319 e. The molecule has 1 nitrogen and oxygen atoms in total. The molecule has 1 aromatic rings. The second-order valence-electron chi connectivity index (χ2n) is 3.38. The molecule has 1 N–H and O–H groups in total. The Kier molecular flexibility index (Phi) is 3.76. The maximum absolute atomic E-state index is 6.04. The lowest BCUT2D eigenvalue weighted by Crippen LogP contribution is -2.11. The van der Waals surface area contributed by atoms with Crippen LogP contribution < -0.4 is 5.32 Å². The van der Waals surface area contributed by atoms with Crippen molar-refractivity contribution in [3.05, 3.63) is 33.8 Å². The first-order chi connectivity index (χ1) is 6.15.